The summed E-state index contributed by atoms with van der Waals surface area (Å²) in [5, 5.41) is 12.6. The molecule has 3 heterocycles. The molecule has 10 heteroatoms. The van der Waals surface area contributed by atoms with Crippen LogP contribution in [0.1, 0.15) is 53.9 Å². The molecule has 3 saturated heterocycles. The first-order valence-corrected chi connectivity index (χ1v) is 17.1. The van der Waals surface area contributed by atoms with Crippen LogP contribution in [0.5, 0.6) is 11.5 Å². The summed E-state index contributed by atoms with van der Waals surface area (Å²) in [6.07, 6.45) is 4.34. The highest BCUT2D eigenvalue weighted by molar-refractivity contribution is 6.00. The smallest absolute Gasteiger partial charge is 0.303 e. The summed E-state index contributed by atoms with van der Waals surface area (Å²) in [6.45, 7) is 10.4. The van der Waals surface area contributed by atoms with Gasteiger partial charge in [0, 0.05) is 71.5 Å². The Morgan fingerprint density at radius 3 is 2.17 bits per heavy atom. The Morgan fingerprint density at radius 1 is 0.870 bits per heavy atom. The van der Waals surface area contributed by atoms with Crippen molar-refractivity contribution in [2.75, 3.05) is 98.2 Å². The van der Waals surface area contributed by atoms with Crippen LogP contribution >= 0.6 is 0 Å². The SMILES string of the molecule is CN1CCNCC1.COc1ccc(C(=O)N2CCN(C)CC2)c(N2CCC(COc3cccc(C(CC(=O)O)C4CC4)c3)CC2)c1. The number of benzene rings is 2. The molecular weight excluding hydrogens is 582 g/mol. The van der Waals surface area contributed by atoms with E-state index in [0.717, 1.165) is 106 Å². The average Bonchev–Trinajstić information content (AvgIpc) is 3.93. The van der Waals surface area contributed by atoms with Crippen molar-refractivity contribution < 1.29 is 24.2 Å². The minimum Gasteiger partial charge on any atom is -0.497 e. The number of piperazine rings is 2. The highest BCUT2D eigenvalue weighted by Gasteiger charge is 2.34. The Labute approximate surface area is 274 Å². The molecule has 0 aromatic heterocycles. The number of carboxylic acid groups (broad SMARTS) is 1. The number of carbonyl (C=O) groups excluding carboxylic acids is 1. The van der Waals surface area contributed by atoms with Crippen molar-refractivity contribution in [3.63, 3.8) is 0 Å². The third-order valence-electron chi connectivity index (χ3n) is 9.88. The Hall–Kier alpha value is -3.34. The monoisotopic (exact) mass is 635 g/mol. The summed E-state index contributed by atoms with van der Waals surface area (Å²) in [7, 11) is 5.91. The standard InChI is InChI=1S/C31H41N3O5.C5H12N2/c1-32-14-16-34(17-15-32)31(37)27-9-8-25(38-2)19-29(27)33-12-10-22(11-13-33)21-39-26-5-3-4-24(18-26)28(20-30(35)36)23-6-7-23;1-7-4-2-6-3-5-7/h3-5,8-9,18-19,22-23,28H,6-7,10-17,20-21H2,1-2H3,(H,35,36);6H,2-5H2,1H3. The number of carbonyl (C=O) groups is 2. The number of piperidine rings is 1. The fourth-order valence-electron chi connectivity index (χ4n) is 6.67. The van der Waals surface area contributed by atoms with E-state index in [1.54, 1.807) is 7.11 Å². The van der Waals surface area contributed by atoms with Gasteiger partial charge in [-0.25, -0.2) is 0 Å². The van der Waals surface area contributed by atoms with Crippen molar-refractivity contribution in [2.45, 2.75) is 38.0 Å². The van der Waals surface area contributed by atoms with Crippen LogP contribution in [0.4, 0.5) is 5.69 Å². The zero-order valence-corrected chi connectivity index (χ0v) is 28.0. The van der Waals surface area contributed by atoms with E-state index in [9.17, 15) is 14.7 Å². The lowest BCUT2D eigenvalue weighted by molar-refractivity contribution is -0.137. The number of anilines is 1. The number of carboxylic acids is 1. The highest BCUT2D eigenvalue weighted by atomic mass is 16.5. The predicted molar refractivity (Wildman–Crippen MR) is 181 cm³/mol. The van der Waals surface area contributed by atoms with Crippen molar-refractivity contribution in [2.24, 2.45) is 11.8 Å². The summed E-state index contributed by atoms with van der Waals surface area (Å²) in [6, 6.07) is 13.8. The number of rotatable bonds is 10. The Balaban J connectivity index is 0.000000527. The molecule has 46 heavy (non-hydrogen) atoms. The van der Waals surface area contributed by atoms with Crippen molar-refractivity contribution in [3.05, 3.63) is 53.6 Å². The van der Waals surface area contributed by atoms with Crippen LogP contribution in [0.2, 0.25) is 0 Å². The van der Waals surface area contributed by atoms with Gasteiger partial charge in [0.05, 0.1) is 31.4 Å². The lowest BCUT2D eigenvalue weighted by Crippen LogP contribution is -2.47. The van der Waals surface area contributed by atoms with Gasteiger partial charge in [0.25, 0.3) is 5.91 Å². The lowest BCUT2D eigenvalue weighted by Gasteiger charge is -2.36. The minimum absolute atomic E-state index is 0.0694. The molecule has 1 saturated carbocycles. The zero-order chi connectivity index (χ0) is 32.5. The molecule has 2 N–H and O–H groups in total. The first-order valence-electron chi connectivity index (χ1n) is 17.1. The number of ether oxygens (including phenoxy) is 2. The van der Waals surface area contributed by atoms with Gasteiger partial charge in [-0.15, -0.1) is 0 Å². The van der Waals surface area contributed by atoms with Gasteiger partial charge in [-0.3, -0.25) is 9.59 Å². The van der Waals surface area contributed by atoms with E-state index in [4.69, 9.17) is 9.47 Å². The van der Waals surface area contributed by atoms with Crippen molar-refractivity contribution in [1.29, 1.82) is 0 Å². The van der Waals surface area contributed by atoms with Gasteiger partial charge in [0.2, 0.25) is 0 Å². The zero-order valence-electron chi connectivity index (χ0n) is 28.0. The van der Waals surface area contributed by atoms with Gasteiger partial charge >= 0.3 is 5.97 Å². The molecule has 1 amide bonds. The second-order valence-electron chi connectivity index (χ2n) is 13.4. The van der Waals surface area contributed by atoms with Crippen LogP contribution < -0.4 is 19.7 Å². The number of nitrogens with zero attached hydrogens (tertiary/aromatic N) is 4. The quantitative estimate of drug-likeness (QED) is 0.403. The molecule has 1 atom stereocenters. The van der Waals surface area contributed by atoms with Gasteiger partial charge < -0.3 is 39.5 Å². The fourth-order valence-corrected chi connectivity index (χ4v) is 6.67. The average molecular weight is 636 g/mol. The molecule has 10 nitrogen and oxygen atoms in total. The Morgan fingerprint density at radius 2 is 1.57 bits per heavy atom. The number of methoxy groups -OCH3 is 1. The number of likely N-dealkylation sites (N-methyl/N-ethyl adjacent to an activating group) is 2. The summed E-state index contributed by atoms with van der Waals surface area (Å²) < 4.78 is 11.7. The molecule has 4 aliphatic rings. The molecule has 0 spiro atoms. The number of amides is 1. The van der Waals surface area contributed by atoms with Crippen LogP contribution in [-0.2, 0) is 4.79 Å². The van der Waals surface area contributed by atoms with Crippen molar-refractivity contribution in [3.8, 4) is 11.5 Å². The molecule has 1 aliphatic carbocycles. The van der Waals surface area contributed by atoms with Gasteiger partial charge in [0.1, 0.15) is 11.5 Å². The molecule has 252 valence electrons. The predicted octanol–water partition coefficient (Wildman–Crippen LogP) is 3.87. The van der Waals surface area contributed by atoms with Gasteiger partial charge in [0.15, 0.2) is 0 Å². The summed E-state index contributed by atoms with van der Waals surface area (Å²) in [5.41, 5.74) is 2.77. The molecule has 1 unspecified atom stereocenters. The van der Waals surface area contributed by atoms with Crippen LogP contribution in [0.25, 0.3) is 0 Å². The molecule has 0 radical (unpaired) electrons. The molecule has 0 bridgehead atoms. The molecule has 3 aliphatic heterocycles. The molecule has 2 aromatic carbocycles. The molecule has 2 aromatic rings. The van der Waals surface area contributed by atoms with E-state index >= 15 is 0 Å². The number of hydrogen-bond donors (Lipinski definition) is 2. The lowest BCUT2D eigenvalue weighted by atomic mass is 9.91. The number of hydrogen-bond acceptors (Lipinski definition) is 8. The van der Waals surface area contributed by atoms with Crippen molar-refractivity contribution >= 4 is 17.6 Å². The summed E-state index contributed by atoms with van der Waals surface area (Å²) >= 11 is 0. The number of nitrogens with one attached hydrogen (secondary N) is 1. The van der Waals surface area contributed by atoms with Gasteiger partial charge in [-0.05, 0) is 87.4 Å². The van der Waals surface area contributed by atoms with E-state index in [2.05, 4.69) is 34.1 Å². The first-order chi connectivity index (χ1) is 22.3. The van der Waals surface area contributed by atoms with Gasteiger partial charge in [-0.1, -0.05) is 12.1 Å². The Kier molecular flexibility index (Phi) is 12.2. The van der Waals surface area contributed by atoms with Gasteiger partial charge in [-0.2, -0.15) is 0 Å². The highest BCUT2D eigenvalue weighted by Crippen LogP contribution is 2.45. The molecular formula is C36H53N5O5. The maximum atomic E-state index is 13.5. The van der Waals surface area contributed by atoms with Crippen molar-refractivity contribution in [1.82, 2.24) is 20.0 Å². The van der Waals surface area contributed by atoms with Crippen LogP contribution in [0.15, 0.2) is 42.5 Å². The van der Waals surface area contributed by atoms with Crippen LogP contribution in [0, 0.1) is 11.8 Å². The van der Waals surface area contributed by atoms with Crippen LogP contribution in [-0.4, -0.2) is 125 Å². The van der Waals surface area contributed by atoms with E-state index in [1.807, 2.05) is 47.4 Å². The maximum Gasteiger partial charge on any atom is 0.303 e. The normalized spacial score (nSPS) is 20.4. The van der Waals surface area contributed by atoms with E-state index in [-0.39, 0.29) is 18.2 Å². The molecule has 6 rings (SSSR count). The summed E-state index contributed by atoms with van der Waals surface area (Å²) in [4.78, 5) is 33.7. The molecule has 4 fully saturated rings. The van der Waals surface area contributed by atoms with E-state index < -0.39 is 5.97 Å². The summed E-state index contributed by atoms with van der Waals surface area (Å²) in [5.74, 6) is 1.90. The largest absolute Gasteiger partial charge is 0.497 e. The fraction of sp³-hybridized carbons (Fsp3) is 0.611. The number of aliphatic carboxylic acids is 1. The maximum absolute atomic E-state index is 13.5. The van der Waals surface area contributed by atoms with E-state index in [1.165, 1.54) is 13.1 Å². The second-order valence-corrected chi connectivity index (χ2v) is 13.4. The van der Waals surface area contributed by atoms with Crippen LogP contribution in [0.3, 0.4) is 0 Å². The first kappa shape index (κ1) is 34.0. The topological polar surface area (TPSA) is 97.8 Å². The Bertz CT molecular complexity index is 1280. The minimum atomic E-state index is -0.741. The third-order valence-corrected chi connectivity index (χ3v) is 9.88. The second kappa shape index (κ2) is 16.5. The third kappa shape index (κ3) is 9.59. The van der Waals surface area contributed by atoms with E-state index in [0.29, 0.717) is 18.4 Å².